The SMILES string of the molecule is COc1ccc(C2(C(=O)Nc3ccc(OC(c4ccc(Cl)cc4)c4ccccc4F)c(C(=O)O)c3)C=CC=N2)cc1OC. The van der Waals surface area contributed by atoms with Crippen LogP contribution >= 0.6 is 11.6 Å². The number of ether oxygens (including phenoxy) is 3. The Bertz CT molecular complexity index is 1730. The molecule has 2 unspecified atom stereocenters. The van der Waals surface area contributed by atoms with E-state index in [1.54, 1.807) is 72.8 Å². The third kappa shape index (κ3) is 5.93. The van der Waals surface area contributed by atoms with Crippen LogP contribution in [0.25, 0.3) is 0 Å². The summed E-state index contributed by atoms with van der Waals surface area (Å²) in [6.07, 6.45) is 3.80. The summed E-state index contributed by atoms with van der Waals surface area (Å²) in [5, 5.41) is 13.3. The van der Waals surface area contributed by atoms with Crippen LogP contribution in [0.1, 0.15) is 33.2 Å². The van der Waals surface area contributed by atoms with E-state index in [1.165, 1.54) is 44.7 Å². The van der Waals surface area contributed by atoms with Crippen molar-refractivity contribution in [2.45, 2.75) is 11.6 Å². The lowest BCUT2D eigenvalue weighted by molar-refractivity contribution is -0.119. The van der Waals surface area contributed by atoms with Gasteiger partial charge in [-0.1, -0.05) is 48.0 Å². The van der Waals surface area contributed by atoms with E-state index in [0.29, 0.717) is 27.6 Å². The highest BCUT2D eigenvalue weighted by molar-refractivity contribution is 6.30. The number of halogens is 2. The quantitative estimate of drug-likeness (QED) is 0.206. The normalized spacial score (nSPS) is 16.0. The Kier molecular flexibility index (Phi) is 8.45. The van der Waals surface area contributed by atoms with E-state index in [1.807, 2.05) is 0 Å². The number of methoxy groups -OCH3 is 2. The first kappa shape index (κ1) is 29.3. The fourth-order valence-electron chi connectivity index (χ4n) is 4.76. The Hall–Kier alpha value is -5.15. The second kappa shape index (κ2) is 12.4. The molecule has 43 heavy (non-hydrogen) atoms. The molecule has 2 atom stereocenters. The van der Waals surface area contributed by atoms with E-state index in [2.05, 4.69) is 10.3 Å². The molecule has 4 aromatic carbocycles. The summed E-state index contributed by atoms with van der Waals surface area (Å²) < 4.78 is 31.8. The largest absolute Gasteiger partial charge is 0.493 e. The number of nitrogens with zero attached hydrogens (tertiary/aromatic N) is 1. The summed E-state index contributed by atoms with van der Waals surface area (Å²) in [4.78, 5) is 30.5. The minimum atomic E-state index is -1.43. The maximum atomic E-state index is 14.9. The third-order valence-corrected chi connectivity index (χ3v) is 7.20. The van der Waals surface area contributed by atoms with Gasteiger partial charge in [0.25, 0.3) is 5.91 Å². The molecule has 1 aliphatic heterocycles. The van der Waals surface area contributed by atoms with Crippen molar-refractivity contribution in [3.05, 3.63) is 130 Å². The molecular formula is C33H26ClFN2O6. The molecule has 0 fully saturated rings. The maximum Gasteiger partial charge on any atom is 0.339 e. The number of nitrogens with one attached hydrogen (secondary N) is 1. The van der Waals surface area contributed by atoms with Gasteiger partial charge in [0.05, 0.1) is 14.2 Å². The molecule has 0 spiro atoms. The Labute approximate surface area is 252 Å². The second-order valence-corrected chi connectivity index (χ2v) is 9.95. The van der Waals surface area contributed by atoms with Crippen molar-refractivity contribution in [1.29, 1.82) is 0 Å². The molecule has 0 aliphatic carbocycles. The van der Waals surface area contributed by atoms with Crippen molar-refractivity contribution in [2.24, 2.45) is 4.99 Å². The monoisotopic (exact) mass is 600 g/mol. The predicted octanol–water partition coefficient (Wildman–Crippen LogP) is 6.84. The van der Waals surface area contributed by atoms with Gasteiger partial charge < -0.3 is 24.6 Å². The van der Waals surface area contributed by atoms with Gasteiger partial charge in [-0.3, -0.25) is 9.79 Å². The van der Waals surface area contributed by atoms with Crippen LogP contribution in [0.5, 0.6) is 17.2 Å². The van der Waals surface area contributed by atoms with E-state index in [9.17, 15) is 19.1 Å². The molecule has 0 saturated carbocycles. The van der Waals surface area contributed by atoms with E-state index in [-0.39, 0.29) is 22.6 Å². The maximum absolute atomic E-state index is 14.9. The zero-order valence-electron chi connectivity index (χ0n) is 23.1. The number of amides is 1. The van der Waals surface area contributed by atoms with Gasteiger partial charge >= 0.3 is 5.97 Å². The minimum absolute atomic E-state index is 0.0258. The van der Waals surface area contributed by atoms with Gasteiger partial charge in [0.15, 0.2) is 23.1 Å². The molecule has 1 aliphatic rings. The van der Waals surface area contributed by atoms with Gasteiger partial charge in [0.2, 0.25) is 0 Å². The smallest absolute Gasteiger partial charge is 0.339 e. The standard InChI is InChI=1S/C33H26ClFN2O6/c1-41-28-14-10-21(18-29(28)42-2)33(16-5-17-36-33)32(40)37-23-13-15-27(25(19-23)31(38)39)43-30(20-8-11-22(34)12-9-20)24-6-3-4-7-26(24)35/h3-19,30H,1-2H3,(H,37,40)(H,38,39). The van der Waals surface area contributed by atoms with Gasteiger partial charge in [-0.25, -0.2) is 9.18 Å². The molecular weight excluding hydrogens is 575 g/mol. The zero-order chi connectivity index (χ0) is 30.6. The lowest BCUT2D eigenvalue weighted by atomic mass is 9.89. The summed E-state index contributed by atoms with van der Waals surface area (Å²) in [5.74, 6) is -1.47. The number of rotatable bonds is 10. The molecule has 0 saturated heterocycles. The summed E-state index contributed by atoms with van der Waals surface area (Å²) in [7, 11) is 3.00. The van der Waals surface area contributed by atoms with Crippen LogP contribution in [-0.2, 0) is 10.3 Å². The predicted molar refractivity (Wildman–Crippen MR) is 161 cm³/mol. The number of hydrogen-bond acceptors (Lipinski definition) is 6. The lowest BCUT2D eigenvalue weighted by Crippen LogP contribution is -2.36. The van der Waals surface area contributed by atoms with Gasteiger partial charge in [-0.15, -0.1) is 0 Å². The van der Waals surface area contributed by atoms with Gasteiger partial charge in [0, 0.05) is 22.5 Å². The van der Waals surface area contributed by atoms with Gasteiger partial charge in [-0.2, -0.15) is 0 Å². The first-order valence-electron chi connectivity index (χ1n) is 13.1. The molecule has 2 N–H and O–H groups in total. The molecule has 1 heterocycles. The number of carboxylic acids is 1. The highest BCUT2D eigenvalue weighted by atomic mass is 35.5. The van der Waals surface area contributed by atoms with Crippen molar-refractivity contribution in [3.63, 3.8) is 0 Å². The van der Waals surface area contributed by atoms with Gasteiger partial charge in [0.1, 0.15) is 17.1 Å². The van der Waals surface area contributed by atoms with E-state index < -0.39 is 29.3 Å². The molecule has 4 aromatic rings. The lowest BCUT2D eigenvalue weighted by Gasteiger charge is -2.25. The van der Waals surface area contributed by atoms with Crippen molar-refractivity contribution >= 4 is 35.4 Å². The van der Waals surface area contributed by atoms with Crippen molar-refractivity contribution in [1.82, 2.24) is 0 Å². The highest BCUT2D eigenvalue weighted by Gasteiger charge is 2.39. The number of benzene rings is 4. The van der Waals surface area contributed by atoms with E-state index in [0.717, 1.165) is 0 Å². The Balaban J connectivity index is 1.48. The summed E-state index contributed by atoms with van der Waals surface area (Å²) in [6, 6.07) is 21.9. The molecule has 218 valence electrons. The molecule has 10 heteroatoms. The van der Waals surface area contributed by atoms with Crippen LogP contribution in [0.3, 0.4) is 0 Å². The number of hydrogen-bond donors (Lipinski definition) is 2. The molecule has 0 radical (unpaired) electrons. The fourth-order valence-corrected chi connectivity index (χ4v) is 4.89. The molecule has 0 bridgehead atoms. The molecule has 0 aromatic heterocycles. The van der Waals surface area contributed by atoms with Crippen molar-refractivity contribution < 1.29 is 33.3 Å². The number of allylic oxidation sites excluding steroid dienone is 1. The van der Waals surface area contributed by atoms with Crippen LogP contribution in [0, 0.1) is 5.82 Å². The third-order valence-electron chi connectivity index (χ3n) is 6.94. The highest BCUT2D eigenvalue weighted by Crippen LogP contribution is 2.38. The topological polar surface area (TPSA) is 106 Å². The number of aromatic carboxylic acids is 1. The van der Waals surface area contributed by atoms with E-state index in [4.69, 9.17) is 25.8 Å². The zero-order valence-corrected chi connectivity index (χ0v) is 23.8. The number of aliphatic imine (C=N–C) groups is 1. The first-order valence-corrected chi connectivity index (χ1v) is 13.4. The molecule has 5 rings (SSSR count). The van der Waals surface area contributed by atoms with Crippen LogP contribution in [-0.4, -0.2) is 37.4 Å². The fraction of sp³-hybridized carbons (Fsp3) is 0.121. The average Bonchev–Trinajstić information content (AvgIpc) is 3.52. The number of anilines is 1. The van der Waals surface area contributed by atoms with Crippen LogP contribution in [0.4, 0.5) is 10.1 Å². The van der Waals surface area contributed by atoms with Crippen molar-refractivity contribution in [3.8, 4) is 17.2 Å². The second-order valence-electron chi connectivity index (χ2n) is 9.51. The average molecular weight is 601 g/mol. The van der Waals surface area contributed by atoms with Gasteiger partial charge in [-0.05, 0) is 71.8 Å². The summed E-state index contributed by atoms with van der Waals surface area (Å²) in [6.45, 7) is 0. The number of carbonyl (C=O) groups excluding carboxylic acids is 1. The van der Waals surface area contributed by atoms with E-state index >= 15 is 0 Å². The van der Waals surface area contributed by atoms with Crippen LogP contribution in [0.2, 0.25) is 5.02 Å². The Morgan fingerprint density at radius 2 is 1.65 bits per heavy atom. The van der Waals surface area contributed by atoms with Crippen molar-refractivity contribution in [2.75, 3.05) is 19.5 Å². The van der Waals surface area contributed by atoms with Crippen LogP contribution < -0.4 is 19.5 Å². The first-order chi connectivity index (χ1) is 20.8. The molecule has 8 nitrogen and oxygen atoms in total. The number of carboxylic acid groups (broad SMARTS) is 1. The molecule has 1 amide bonds. The summed E-state index contributed by atoms with van der Waals surface area (Å²) in [5.41, 5.74) is -0.186. The van der Waals surface area contributed by atoms with Crippen LogP contribution in [0.15, 0.2) is 102 Å². The number of carbonyl (C=O) groups is 2. The minimum Gasteiger partial charge on any atom is -0.493 e. The Morgan fingerprint density at radius 3 is 2.30 bits per heavy atom. The Morgan fingerprint density at radius 1 is 0.930 bits per heavy atom. The summed E-state index contributed by atoms with van der Waals surface area (Å²) >= 11 is 6.05.